The van der Waals surface area contributed by atoms with Crippen molar-refractivity contribution in [3.05, 3.63) is 142 Å². The average Bonchev–Trinajstić information content (AvgIpc) is 3.45. The van der Waals surface area contributed by atoms with E-state index in [-0.39, 0.29) is 11.9 Å². The van der Waals surface area contributed by atoms with Crippen LogP contribution in [0, 0.1) is 0 Å². The first-order valence-corrected chi connectivity index (χ1v) is 16.5. The maximum Gasteiger partial charge on any atom is 0.310 e. The van der Waals surface area contributed by atoms with Gasteiger partial charge in [-0.2, -0.15) is 0 Å². The number of aliphatic hydroxyl groups excluding tert-OH is 1. The molecular weight excluding hydrogens is 588 g/mol. The predicted octanol–water partition coefficient (Wildman–Crippen LogP) is 5.97. The van der Waals surface area contributed by atoms with Gasteiger partial charge in [0.2, 0.25) is 0 Å². The molecule has 7 heteroatoms. The fourth-order valence-electron chi connectivity index (χ4n) is 5.83. The second-order valence-electron chi connectivity index (χ2n) is 12.0. The molecule has 2 N–H and O–H groups in total. The minimum Gasteiger partial charge on any atom is -0.461 e. The summed E-state index contributed by atoms with van der Waals surface area (Å²) in [4.78, 5) is 26.4. The molecule has 4 aromatic rings. The fraction of sp³-hybridized carbons (Fsp3) is 0.350. The first-order chi connectivity index (χ1) is 23.0. The van der Waals surface area contributed by atoms with Crippen LogP contribution in [0.5, 0.6) is 0 Å². The SMILES string of the molecule is CN1CCCc2ccc(CC(=O)OCc3ccccc3)cc2C1.CO.O=C(Cc1ccc2c(c1)CNCCC2)OCc1ccccc1. The van der Waals surface area contributed by atoms with Crippen molar-refractivity contribution in [3.63, 3.8) is 0 Å². The number of aliphatic hydroxyl groups is 1. The molecule has 0 bridgehead atoms. The van der Waals surface area contributed by atoms with E-state index in [0.29, 0.717) is 26.1 Å². The summed E-state index contributed by atoms with van der Waals surface area (Å²) in [6.45, 7) is 4.72. The van der Waals surface area contributed by atoms with Crippen molar-refractivity contribution in [3.8, 4) is 0 Å². The molecule has 2 aliphatic heterocycles. The van der Waals surface area contributed by atoms with E-state index in [4.69, 9.17) is 14.6 Å². The van der Waals surface area contributed by atoms with Crippen LogP contribution in [0.2, 0.25) is 0 Å². The molecular formula is C40H48N2O5. The van der Waals surface area contributed by atoms with Crippen LogP contribution in [0.3, 0.4) is 0 Å². The van der Waals surface area contributed by atoms with Crippen molar-refractivity contribution in [2.24, 2.45) is 0 Å². The van der Waals surface area contributed by atoms with Crippen molar-refractivity contribution in [2.45, 2.75) is 64.8 Å². The van der Waals surface area contributed by atoms with Gasteiger partial charge < -0.3 is 24.8 Å². The molecule has 47 heavy (non-hydrogen) atoms. The topological polar surface area (TPSA) is 88.1 Å². The van der Waals surface area contributed by atoms with E-state index in [1.807, 2.05) is 66.7 Å². The number of nitrogens with one attached hydrogen (secondary N) is 1. The third-order valence-corrected chi connectivity index (χ3v) is 8.26. The van der Waals surface area contributed by atoms with E-state index in [2.05, 4.69) is 47.6 Å². The lowest BCUT2D eigenvalue weighted by atomic mass is 10.00. The number of carbonyl (C=O) groups is 2. The Labute approximate surface area is 279 Å². The maximum atomic E-state index is 12.1. The molecule has 2 aliphatic rings. The predicted molar refractivity (Wildman–Crippen MR) is 186 cm³/mol. The lowest BCUT2D eigenvalue weighted by Gasteiger charge is -2.14. The van der Waals surface area contributed by atoms with Crippen molar-refractivity contribution >= 4 is 11.9 Å². The summed E-state index contributed by atoms with van der Waals surface area (Å²) >= 11 is 0. The molecule has 4 aromatic carbocycles. The molecule has 0 aromatic heterocycles. The van der Waals surface area contributed by atoms with Crippen LogP contribution in [0.1, 0.15) is 57.3 Å². The summed E-state index contributed by atoms with van der Waals surface area (Å²) in [5.74, 6) is -0.346. The van der Waals surface area contributed by atoms with E-state index >= 15 is 0 Å². The van der Waals surface area contributed by atoms with Gasteiger partial charge in [-0.05, 0) is 90.3 Å². The Kier molecular flexibility index (Phi) is 14.7. The van der Waals surface area contributed by atoms with Crippen LogP contribution in [0.4, 0.5) is 0 Å². The van der Waals surface area contributed by atoms with Gasteiger partial charge in [0.25, 0.3) is 0 Å². The highest BCUT2D eigenvalue weighted by Crippen LogP contribution is 2.20. The van der Waals surface area contributed by atoms with E-state index in [0.717, 1.165) is 68.4 Å². The Bertz CT molecular complexity index is 1540. The zero-order chi connectivity index (χ0) is 33.3. The molecule has 248 valence electrons. The van der Waals surface area contributed by atoms with E-state index < -0.39 is 0 Å². The number of benzene rings is 4. The summed E-state index contributed by atoms with van der Waals surface area (Å²) in [6.07, 6.45) is 5.27. The molecule has 0 atom stereocenters. The van der Waals surface area contributed by atoms with Gasteiger partial charge in [0.1, 0.15) is 13.2 Å². The van der Waals surface area contributed by atoms with Crippen molar-refractivity contribution in [2.75, 3.05) is 27.2 Å². The van der Waals surface area contributed by atoms with Gasteiger partial charge in [0.05, 0.1) is 12.8 Å². The number of nitrogens with zero attached hydrogens (tertiary/aromatic N) is 1. The number of hydrogen-bond acceptors (Lipinski definition) is 7. The highest BCUT2D eigenvalue weighted by Gasteiger charge is 2.14. The van der Waals surface area contributed by atoms with Crippen LogP contribution in [0.15, 0.2) is 97.1 Å². The van der Waals surface area contributed by atoms with Crippen LogP contribution in [-0.4, -0.2) is 49.2 Å². The lowest BCUT2D eigenvalue weighted by Crippen LogP contribution is -2.17. The second-order valence-corrected chi connectivity index (χ2v) is 12.0. The molecule has 0 fully saturated rings. The van der Waals surface area contributed by atoms with Gasteiger partial charge in [-0.15, -0.1) is 0 Å². The molecule has 6 rings (SSSR count). The standard InChI is InChI=1S/C20H23NO2.C19H21NO2.CH4O/c1-21-11-5-8-18-10-9-17(12-19(18)14-21)13-20(22)23-15-16-6-3-2-4-7-16;21-19(22-14-15-5-2-1-3-6-15)12-16-8-9-17-7-4-10-20-13-18(17)11-16;1-2/h2-4,6-7,9-10,12H,5,8,11,13-15H2,1H3;1-3,5-6,8-9,11,20H,4,7,10,12-14H2;2H,1H3. The number of aryl methyl sites for hydroxylation is 2. The highest BCUT2D eigenvalue weighted by atomic mass is 16.5. The molecule has 0 aliphatic carbocycles. The first kappa shape index (κ1) is 35.6. The smallest absolute Gasteiger partial charge is 0.310 e. The molecule has 0 amide bonds. The Hall–Kier alpha value is -4.30. The van der Waals surface area contributed by atoms with E-state index in [1.165, 1.54) is 35.1 Å². The minimum absolute atomic E-state index is 0.171. The molecule has 0 unspecified atom stereocenters. The number of carbonyl (C=O) groups excluding carboxylic acids is 2. The number of rotatable bonds is 8. The quantitative estimate of drug-likeness (QED) is 0.231. The highest BCUT2D eigenvalue weighted by molar-refractivity contribution is 5.73. The minimum atomic E-state index is -0.176. The molecule has 0 saturated heterocycles. The van der Waals surface area contributed by atoms with Crippen LogP contribution >= 0.6 is 0 Å². The third kappa shape index (κ3) is 12.1. The summed E-state index contributed by atoms with van der Waals surface area (Å²) in [6, 6.07) is 32.3. The van der Waals surface area contributed by atoms with Crippen molar-refractivity contribution < 1.29 is 24.2 Å². The number of hydrogen-bond donors (Lipinski definition) is 2. The zero-order valence-electron chi connectivity index (χ0n) is 27.8. The Morgan fingerprint density at radius 2 is 1.17 bits per heavy atom. The summed E-state index contributed by atoms with van der Waals surface area (Å²) in [7, 11) is 3.15. The first-order valence-electron chi connectivity index (χ1n) is 16.5. The molecule has 2 heterocycles. The monoisotopic (exact) mass is 636 g/mol. The van der Waals surface area contributed by atoms with Crippen LogP contribution in [-0.2, 0) is 71.0 Å². The molecule has 0 radical (unpaired) electrons. The number of esters is 2. The van der Waals surface area contributed by atoms with Gasteiger partial charge in [0.15, 0.2) is 0 Å². The zero-order valence-corrected chi connectivity index (χ0v) is 27.8. The second kappa shape index (κ2) is 19.4. The van der Waals surface area contributed by atoms with Gasteiger partial charge >= 0.3 is 11.9 Å². The largest absolute Gasteiger partial charge is 0.461 e. The van der Waals surface area contributed by atoms with Gasteiger partial charge in [0, 0.05) is 20.2 Å². The number of fused-ring (bicyclic) bond motifs is 2. The van der Waals surface area contributed by atoms with E-state index in [1.54, 1.807) is 0 Å². The number of ether oxygens (including phenoxy) is 2. The van der Waals surface area contributed by atoms with Crippen LogP contribution < -0.4 is 5.32 Å². The molecule has 0 saturated carbocycles. The van der Waals surface area contributed by atoms with Gasteiger partial charge in [-0.25, -0.2) is 0 Å². The van der Waals surface area contributed by atoms with Crippen molar-refractivity contribution in [1.82, 2.24) is 10.2 Å². The lowest BCUT2D eigenvalue weighted by molar-refractivity contribution is -0.145. The van der Waals surface area contributed by atoms with Crippen LogP contribution in [0.25, 0.3) is 0 Å². The van der Waals surface area contributed by atoms with E-state index in [9.17, 15) is 9.59 Å². The summed E-state index contributed by atoms with van der Waals surface area (Å²) < 4.78 is 10.7. The maximum absolute atomic E-state index is 12.1. The van der Waals surface area contributed by atoms with Gasteiger partial charge in [-0.1, -0.05) is 97.1 Å². The van der Waals surface area contributed by atoms with Crippen molar-refractivity contribution in [1.29, 1.82) is 0 Å². The molecule has 7 nitrogen and oxygen atoms in total. The Morgan fingerprint density at radius 3 is 1.74 bits per heavy atom. The fourth-order valence-corrected chi connectivity index (χ4v) is 5.83. The average molecular weight is 637 g/mol. The van der Waals surface area contributed by atoms with Gasteiger partial charge in [-0.3, -0.25) is 9.59 Å². The summed E-state index contributed by atoms with van der Waals surface area (Å²) in [5.41, 5.74) is 9.57. The Morgan fingerprint density at radius 1 is 0.660 bits per heavy atom. The Balaban J connectivity index is 0.000000202. The summed E-state index contributed by atoms with van der Waals surface area (Å²) in [5, 5.41) is 10.4. The molecule has 0 spiro atoms. The normalized spacial score (nSPS) is 13.9. The third-order valence-electron chi connectivity index (χ3n) is 8.26.